The fourth-order valence-corrected chi connectivity index (χ4v) is 2.53. The third-order valence-corrected chi connectivity index (χ3v) is 4.01. The van der Waals surface area contributed by atoms with E-state index in [1.807, 2.05) is 11.8 Å². The highest BCUT2D eigenvalue weighted by Gasteiger charge is 2.43. The molecule has 0 spiro atoms. The summed E-state index contributed by atoms with van der Waals surface area (Å²) in [4.78, 5) is 13.0. The number of carboxylic acids is 1. The number of carboxylic acid groups (broad SMARTS) is 1. The van der Waals surface area contributed by atoms with E-state index in [0.29, 0.717) is 32.5 Å². The quantitative estimate of drug-likeness (QED) is 0.682. The van der Waals surface area contributed by atoms with Gasteiger partial charge in [-0.15, -0.1) is 0 Å². The summed E-state index contributed by atoms with van der Waals surface area (Å²) in [6.45, 7) is 3.19. The van der Waals surface area contributed by atoms with Crippen LogP contribution >= 0.6 is 0 Å². The van der Waals surface area contributed by atoms with Crippen LogP contribution in [0.4, 0.5) is 0 Å². The molecule has 0 bridgehead atoms. The van der Waals surface area contributed by atoms with Gasteiger partial charge < -0.3 is 10.0 Å². The molecule has 1 aliphatic rings. The van der Waals surface area contributed by atoms with Gasteiger partial charge >= 0.3 is 5.97 Å². The zero-order chi connectivity index (χ0) is 12.4. The molecule has 7 heteroatoms. The molecule has 94 valence electrons. The van der Waals surface area contributed by atoms with Crippen molar-refractivity contribution in [2.24, 2.45) is 10.6 Å². The van der Waals surface area contributed by atoms with E-state index in [2.05, 4.69) is 0 Å². The van der Waals surface area contributed by atoms with Gasteiger partial charge in [0, 0.05) is 13.1 Å². The topological polar surface area (TPSA) is 101 Å². The van der Waals surface area contributed by atoms with Crippen molar-refractivity contribution in [1.29, 1.82) is 0 Å². The molecule has 1 atom stereocenters. The van der Waals surface area contributed by atoms with Crippen molar-refractivity contribution < 1.29 is 18.3 Å². The van der Waals surface area contributed by atoms with Crippen LogP contribution in [0.15, 0.2) is 0 Å². The SMILES string of the molecule is CCC1(C(=O)O)CCN(CCS(N)(=O)=O)C1. The normalized spacial score (nSPS) is 27.1. The summed E-state index contributed by atoms with van der Waals surface area (Å²) in [7, 11) is -3.46. The van der Waals surface area contributed by atoms with Crippen molar-refractivity contribution >= 4 is 16.0 Å². The van der Waals surface area contributed by atoms with Crippen LogP contribution in [-0.4, -0.2) is 49.8 Å². The molecule has 6 nitrogen and oxygen atoms in total. The van der Waals surface area contributed by atoms with Crippen molar-refractivity contribution in [2.45, 2.75) is 19.8 Å². The maximum atomic E-state index is 11.1. The Hall–Kier alpha value is -0.660. The molecule has 1 rings (SSSR count). The lowest BCUT2D eigenvalue weighted by Gasteiger charge is -2.22. The number of rotatable bonds is 5. The minimum atomic E-state index is -3.46. The summed E-state index contributed by atoms with van der Waals surface area (Å²) in [5.74, 6) is -0.917. The fraction of sp³-hybridized carbons (Fsp3) is 0.889. The maximum absolute atomic E-state index is 11.1. The second kappa shape index (κ2) is 4.68. The van der Waals surface area contributed by atoms with Gasteiger partial charge in [-0.1, -0.05) is 6.92 Å². The maximum Gasteiger partial charge on any atom is 0.310 e. The molecule has 0 aromatic rings. The first kappa shape index (κ1) is 13.4. The second-order valence-electron chi connectivity index (χ2n) is 4.33. The van der Waals surface area contributed by atoms with Crippen LogP contribution in [0, 0.1) is 5.41 Å². The number of nitrogens with zero attached hydrogens (tertiary/aromatic N) is 1. The summed E-state index contributed by atoms with van der Waals surface area (Å²) < 4.78 is 21.6. The number of hydrogen-bond donors (Lipinski definition) is 2. The number of likely N-dealkylation sites (tertiary alicyclic amines) is 1. The molecule has 0 radical (unpaired) electrons. The van der Waals surface area contributed by atoms with Crippen molar-refractivity contribution in [1.82, 2.24) is 4.90 Å². The summed E-state index contributed by atoms with van der Waals surface area (Å²) in [5.41, 5.74) is -0.710. The molecule has 0 aliphatic carbocycles. The van der Waals surface area contributed by atoms with Gasteiger partial charge in [0.25, 0.3) is 0 Å². The van der Waals surface area contributed by atoms with Gasteiger partial charge in [0.2, 0.25) is 10.0 Å². The Balaban J connectivity index is 2.55. The molecule has 1 aliphatic heterocycles. The summed E-state index contributed by atoms with van der Waals surface area (Å²) in [6.07, 6.45) is 1.14. The largest absolute Gasteiger partial charge is 0.481 e. The Bertz CT molecular complexity index is 368. The number of carbonyl (C=O) groups is 1. The van der Waals surface area contributed by atoms with E-state index in [-0.39, 0.29) is 5.75 Å². The minimum Gasteiger partial charge on any atom is -0.481 e. The van der Waals surface area contributed by atoms with Crippen LogP contribution in [-0.2, 0) is 14.8 Å². The highest BCUT2D eigenvalue weighted by Crippen LogP contribution is 2.33. The molecule has 0 saturated carbocycles. The van der Waals surface area contributed by atoms with Gasteiger partial charge in [-0.2, -0.15) is 0 Å². The molecule has 1 saturated heterocycles. The van der Waals surface area contributed by atoms with E-state index in [1.165, 1.54) is 0 Å². The van der Waals surface area contributed by atoms with Gasteiger partial charge in [0.05, 0.1) is 11.2 Å². The molecule has 0 aromatic heterocycles. The fourth-order valence-electron chi connectivity index (χ4n) is 2.02. The van der Waals surface area contributed by atoms with Gasteiger partial charge in [-0.05, 0) is 19.4 Å². The molecule has 0 aromatic carbocycles. The van der Waals surface area contributed by atoms with E-state index in [9.17, 15) is 13.2 Å². The first-order valence-corrected chi connectivity index (χ1v) is 6.97. The van der Waals surface area contributed by atoms with Crippen LogP contribution < -0.4 is 5.14 Å². The van der Waals surface area contributed by atoms with Crippen LogP contribution in [0.3, 0.4) is 0 Å². The first-order chi connectivity index (χ1) is 7.29. The van der Waals surface area contributed by atoms with E-state index in [1.54, 1.807) is 0 Å². The summed E-state index contributed by atoms with van der Waals surface area (Å²) in [6, 6.07) is 0. The average molecular weight is 250 g/mol. The minimum absolute atomic E-state index is 0.119. The number of primary sulfonamides is 1. The van der Waals surface area contributed by atoms with E-state index in [4.69, 9.17) is 10.2 Å². The molecule has 1 fully saturated rings. The van der Waals surface area contributed by atoms with Crippen molar-refractivity contribution in [3.63, 3.8) is 0 Å². The highest BCUT2D eigenvalue weighted by atomic mass is 32.2. The van der Waals surface area contributed by atoms with E-state index in [0.717, 1.165) is 0 Å². The molecule has 16 heavy (non-hydrogen) atoms. The Morgan fingerprint density at radius 1 is 1.56 bits per heavy atom. The predicted molar refractivity (Wildman–Crippen MR) is 59.4 cm³/mol. The lowest BCUT2D eigenvalue weighted by molar-refractivity contribution is -0.148. The Morgan fingerprint density at radius 3 is 2.56 bits per heavy atom. The Morgan fingerprint density at radius 2 is 2.19 bits per heavy atom. The van der Waals surface area contributed by atoms with E-state index >= 15 is 0 Å². The zero-order valence-electron chi connectivity index (χ0n) is 9.35. The van der Waals surface area contributed by atoms with Gasteiger partial charge in [-0.3, -0.25) is 4.79 Å². The van der Waals surface area contributed by atoms with Crippen molar-refractivity contribution in [2.75, 3.05) is 25.4 Å². The number of aliphatic carboxylic acids is 1. The predicted octanol–water partition coefficient (Wildman–Crippen LogP) is -0.538. The zero-order valence-corrected chi connectivity index (χ0v) is 10.2. The third kappa shape index (κ3) is 3.16. The number of sulfonamides is 1. The number of nitrogens with two attached hydrogens (primary N) is 1. The molecule has 3 N–H and O–H groups in total. The molecular formula is C9H18N2O4S. The first-order valence-electron chi connectivity index (χ1n) is 5.25. The van der Waals surface area contributed by atoms with Crippen LogP contribution in [0.5, 0.6) is 0 Å². The van der Waals surface area contributed by atoms with Gasteiger partial charge in [0.1, 0.15) is 0 Å². The molecular weight excluding hydrogens is 232 g/mol. The average Bonchev–Trinajstić information content (AvgIpc) is 2.58. The Labute approximate surface area is 95.5 Å². The molecule has 0 amide bonds. The highest BCUT2D eigenvalue weighted by molar-refractivity contribution is 7.89. The Kier molecular flexibility index (Phi) is 3.92. The molecule has 1 heterocycles. The smallest absolute Gasteiger partial charge is 0.310 e. The van der Waals surface area contributed by atoms with Crippen molar-refractivity contribution in [3.8, 4) is 0 Å². The molecule has 1 unspecified atom stereocenters. The van der Waals surface area contributed by atoms with Gasteiger partial charge in [-0.25, -0.2) is 13.6 Å². The lowest BCUT2D eigenvalue weighted by atomic mass is 9.84. The van der Waals surface area contributed by atoms with Crippen LogP contribution in [0.1, 0.15) is 19.8 Å². The van der Waals surface area contributed by atoms with E-state index < -0.39 is 21.4 Å². The lowest BCUT2D eigenvalue weighted by Crippen LogP contribution is -2.36. The standard InChI is InChI=1S/C9H18N2O4S/c1-2-9(8(12)13)3-4-11(7-9)5-6-16(10,14)15/h2-7H2,1H3,(H,12,13)(H2,10,14,15). The van der Waals surface area contributed by atoms with Crippen LogP contribution in [0.25, 0.3) is 0 Å². The monoisotopic (exact) mass is 250 g/mol. The van der Waals surface area contributed by atoms with Crippen LogP contribution in [0.2, 0.25) is 0 Å². The second-order valence-corrected chi connectivity index (χ2v) is 6.07. The summed E-state index contributed by atoms with van der Waals surface area (Å²) >= 11 is 0. The van der Waals surface area contributed by atoms with Gasteiger partial charge in [0.15, 0.2) is 0 Å². The number of hydrogen-bond acceptors (Lipinski definition) is 4. The summed E-state index contributed by atoms with van der Waals surface area (Å²) in [5, 5.41) is 14.0. The van der Waals surface area contributed by atoms with Crippen molar-refractivity contribution in [3.05, 3.63) is 0 Å². The third-order valence-electron chi connectivity index (χ3n) is 3.26.